The Labute approximate surface area is 149 Å². The third kappa shape index (κ3) is 9.95. The van der Waals surface area contributed by atoms with E-state index in [2.05, 4.69) is 13.8 Å². The fourth-order valence-electron chi connectivity index (χ4n) is 3.37. The predicted molar refractivity (Wildman–Crippen MR) is 104 cm³/mol. The summed E-state index contributed by atoms with van der Waals surface area (Å²) in [7, 11) is 0. The third-order valence-corrected chi connectivity index (χ3v) is 5.04. The molecule has 1 aromatic heterocycles. The van der Waals surface area contributed by atoms with E-state index < -0.39 is 0 Å². The summed E-state index contributed by atoms with van der Waals surface area (Å²) in [6.07, 6.45) is 20.5. The lowest BCUT2D eigenvalue weighted by Gasteiger charge is -2.09. The predicted octanol–water partition coefficient (Wildman–Crippen LogP) is 7.22. The van der Waals surface area contributed by atoms with Crippen LogP contribution in [0.15, 0.2) is 27.6 Å². The van der Waals surface area contributed by atoms with Gasteiger partial charge in [-0.15, -0.1) is 0 Å². The monoisotopic (exact) mass is 334 g/mol. The maximum Gasteiger partial charge on any atom is 0.339 e. The Hall–Kier alpha value is -1.05. The molecule has 0 fully saturated rings. The number of unbranched alkanes of at least 4 members (excludes halogenated alkanes) is 12. The van der Waals surface area contributed by atoms with Gasteiger partial charge in [0, 0.05) is 5.56 Å². The van der Waals surface area contributed by atoms with Gasteiger partial charge in [0.15, 0.2) is 0 Å². The van der Waals surface area contributed by atoms with Crippen LogP contribution < -0.4 is 5.63 Å². The van der Waals surface area contributed by atoms with Crippen molar-refractivity contribution in [2.24, 2.45) is 0 Å². The first-order valence-electron chi connectivity index (χ1n) is 10.3. The molecule has 0 saturated carbocycles. The maximum atomic E-state index is 11.6. The molecule has 1 heterocycles. The minimum atomic E-state index is -0.167. The molecule has 0 spiro atoms. The fourth-order valence-corrected chi connectivity index (χ4v) is 3.37. The molecule has 0 aliphatic rings. The van der Waals surface area contributed by atoms with Crippen molar-refractivity contribution in [1.82, 2.24) is 0 Å². The van der Waals surface area contributed by atoms with Crippen molar-refractivity contribution in [3.05, 3.63) is 34.4 Å². The molecule has 0 aromatic carbocycles. The van der Waals surface area contributed by atoms with E-state index in [4.69, 9.17) is 4.42 Å². The average Bonchev–Trinajstić information content (AvgIpc) is 2.59. The third-order valence-electron chi connectivity index (χ3n) is 5.04. The van der Waals surface area contributed by atoms with Crippen molar-refractivity contribution in [3.8, 4) is 0 Å². The topological polar surface area (TPSA) is 30.2 Å². The molecule has 0 radical (unpaired) electrons. The van der Waals surface area contributed by atoms with Gasteiger partial charge in [0.1, 0.15) is 0 Å². The maximum absolute atomic E-state index is 11.6. The largest absolute Gasteiger partial charge is 0.431 e. The zero-order chi connectivity index (χ0) is 17.5. The smallest absolute Gasteiger partial charge is 0.339 e. The van der Waals surface area contributed by atoms with Crippen LogP contribution in [-0.4, -0.2) is 0 Å². The van der Waals surface area contributed by atoms with E-state index >= 15 is 0 Å². The molecular formula is C22H38O2. The van der Waals surface area contributed by atoms with E-state index in [0.717, 1.165) is 12.0 Å². The summed E-state index contributed by atoms with van der Waals surface area (Å²) in [5, 5.41) is 0. The normalized spacial score (nSPS) is 12.4. The molecule has 0 aliphatic carbocycles. The van der Waals surface area contributed by atoms with Crippen molar-refractivity contribution in [2.45, 2.75) is 110 Å². The molecule has 138 valence electrons. The standard InChI is InChI=1S/C22H38O2/c1-3-4-5-6-7-8-9-10-11-12-13-14-15-17-20(2)21-18-16-19-24-22(21)23/h16,18-20H,3-15,17H2,1-2H3. The molecule has 1 aromatic rings. The Morgan fingerprint density at radius 3 is 1.83 bits per heavy atom. The highest BCUT2D eigenvalue weighted by Gasteiger charge is 2.09. The molecule has 1 unspecified atom stereocenters. The van der Waals surface area contributed by atoms with E-state index in [9.17, 15) is 4.79 Å². The van der Waals surface area contributed by atoms with Gasteiger partial charge >= 0.3 is 5.63 Å². The van der Waals surface area contributed by atoms with E-state index in [1.165, 1.54) is 89.7 Å². The van der Waals surface area contributed by atoms with E-state index in [-0.39, 0.29) is 5.63 Å². The first kappa shape index (κ1) is 21.0. The lowest BCUT2D eigenvalue weighted by molar-refractivity contribution is 0.482. The molecule has 1 rings (SSSR count). The highest BCUT2D eigenvalue weighted by atomic mass is 16.4. The van der Waals surface area contributed by atoms with Crippen LogP contribution in [0.25, 0.3) is 0 Å². The molecule has 0 saturated heterocycles. The molecule has 1 atom stereocenters. The highest BCUT2D eigenvalue weighted by Crippen LogP contribution is 2.20. The quantitative estimate of drug-likeness (QED) is 0.317. The summed E-state index contributed by atoms with van der Waals surface area (Å²) in [4.78, 5) is 11.6. The van der Waals surface area contributed by atoms with Crippen molar-refractivity contribution < 1.29 is 4.42 Å². The van der Waals surface area contributed by atoms with Crippen LogP contribution in [0.5, 0.6) is 0 Å². The minimum Gasteiger partial charge on any atom is -0.431 e. The van der Waals surface area contributed by atoms with Crippen LogP contribution >= 0.6 is 0 Å². The van der Waals surface area contributed by atoms with Crippen LogP contribution in [-0.2, 0) is 0 Å². The van der Waals surface area contributed by atoms with Gasteiger partial charge in [-0.1, -0.05) is 97.3 Å². The second kappa shape index (κ2) is 14.3. The van der Waals surface area contributed by atoms with Gasteiger partial charge in [-0.2, -0.15) is 0 Å². The van der Waals surface area contributed by atoms with Crippen LogP contribution in [0.2, 0.25) is 0 Å². The summed E-state index contributed by atoms with van der Waals surface area (Å²) in [6.45, 7) is 4.41. The zero-order valence-corrected chi connectivity index (χ0v) is 16.0. The minimum absolute atomic E-state index is 0.167. The Morgan fingerprint density at radius 2 is 1.33 bits per heavy atom. The van der Waals surface area contributed by atoms with Crippen molar-refractivity contribution >= 4 is 0 Å². The Morgan fingerprint density at radius 1 is 0.833 bits per heavy atom. The molecule has 2 nitrogen and oxygen atoms in total. The molecule has 2 heteroatoms. The Balaban J connectivity index is 1.89. The summed E-state index contributed by atoms with van der Waals surface area (Å²) in [5.41, 5.74) is 0.663. The first-order valence-corrected chi connectivity index (χ1v) is 10.3. The van der Waals surface area contributed by atoms with Crippen LogP contribution in [0.4, 0.5) is 0 Å². The summed E-state index contributed by atoms with van der Waals surface area (Å²) in [5.74, 6) is 0.315. The lowest BCUT2D eigenvalue weighted by atomic mass is 9.96. The second-order valence-electron chi connectivity index (χ2n) is 7.29. The molecule has 0 aliphatic heterocycles. The lowest BCUT2D eigenvalue weighted by Crippen LogP contribution is -2.09. The van der Waals surface area contributed by atoms with Gasteiger partial charge < -0.3 is 4.42 Å². The summed E-state index contributed by atoms with van der Waals surface area (Å²) < 4.78 is 4.94. The number of hydrogen-bond donors (Lipinski definition) is 0. The molecule has 0 N–H and O–H groups in total. The summed E-state index contributed by atoms with van der Waals surface area (Å²) >= 11 is 0. The molecule has 0 bridgehead atoms. The number of hydrogen-bond acceptors (Lipinski definition) is 2. The van der Waals surface area contributed by atoms with Crippen molar-refractivity contribution in [2.75, 3.05) is 0 Å². The van der Waals surface area contributed by atoms with Crippen LogP contribution in [0, 0.1) is 0 Å². The molecule has 0 amide bonds. The molecule has 24 heavy (non-hydrogen) atoms. The second-order valence-corrected chi connectivity index (χ2v) is 7.29. The average molecular weight is 335 g/mol. The Kier molecular flexibility index (Phi) is 12.5. The van der Waals surface area contributed by atoms with Crippen molar-refractivity contribution in [1.29, 1.82) is 0 Å². The zero-order valence-electron chi connectivity index (χ0n) is 16.0. The van der Waals surface area contributed by atoms with Gasteiger partial charge in [0.2, 0.25) is 0 Å². The van der Waals surface area contributed by atoms with E-state index in [0.29, 0.717) is 5.92 Å². The van der Waals surface area contributed by atoms with Gasteiger partial charge in [0.05, 0.1) is 6.26 Å². The fraction of sp³-hybridized carbons (Fsp3) is 0.773. The van der Waals surface area contributed by atoms with E-state index in [1.807, 2.05) is 12.1 Å². The van der Waals surface area contributed by atoms with Crippen LogP contribution in [0.3, 0.4) is 0 Å². The first-order chi connectivity index (χ1) is 11.8. The van der Waals surface area contributed by atoms with E-state index in [1.54, 1.807) is 0 Å². The van der Waals surface area contributed by atoms with Crippen LogP contribution in [0.1, 0.15) is 115 Å². The highest BCUT2D eigenvalue weighted by molar-refractivity contribution is 5.11. The van der Waals surface area contributed by atoms with Crippen molar-refractivity contribution in [3.63, 3.8) is 0 Å². The SMILES string of the molecule is CCCCCCCCCCCCCCCC(C)c1cccoc1=O. The molecular weight excluding hydrogens is 296 g/mol. The summed E-state index contributed by atoms with van der Waals surface area (Å²) in [6, 6.07) is 3.72. The van der Waals surface area contributed by atoms with Gasteiger partial charge in [-0.05, 0) is 24.5 Å². The Bertz CT molecular complexity index is 449. The van der Waals surface area contributed by atoms with Gasteiger partial charge in [-0.3, -0.25) is 0 Å². The number of rotatable bonds is 15. The van der Waals surface area contributed by atoms with Gasteiger partial charge in [-0.25, -0.2) is 4.79 Å². The van der Waals surface area contributed by atoms with Gasteiger partial charge in [0.25, 0.3) is 0 Å².